The second-order valence-corrected chi connectivity index (χ2v) is 4.06. The van der Waals surface area contributed by atoms with E-state index in [2.05, 4.69) is 10.3 Å². The van der Waals surface area contributed by atoms with Crippen LogP contribution in [-0.2, 0) is 11.2 Å². The number of carbonyl (C=O) groups excluding carboxylic acids is 1. The maximum Gasteiger partial charge on any atom is 0.295 e. The van der Waals surface area contributed by atoms with Crippen LogP contribution in [0.5, 0.6) is 0 Å². The van der Waals surface area contributed by atoms with E-state index in [-0.39, 0.29) is 12.6 Å². The molecule has 1 atom stereocenters. The zero-order valence-corrected chi connectivity index (χ0v) is 9.81. The van der Waals surface area contributed by atoms with Crippen LogP contribution in [-0.4, -0.2) is 28.6 Å². The number of H-pyrrole nitrogens is 1. The third kappa shape index (κ3) is 2.53. The predicted molar refractivity (Wildman–Crippen MR) is 69.9 cm³/mol. The minimum atomic E-state index is -0.506. The third-order valence-electron chi connectivity index (χ3n) is 2.83. The van der Waals surface area contributed by atoms with E-state index >= 15 is 0 Å². The van der Waals surface area contributed by atoms with E-state index in [0.29, 0.717) is 6.42 Å². The lowest BCUT2D eigenvalue weighted by Crippen LogP contribution is -2.38. The Morgan fingerprint density at radius 1 is 1.50 bits per heavy atom. The van der Waals surface area contributed by atoms with Gasteiger partial charge >= 0.3 is 0 Å². The van der Waals surface area contributed by atoms with Gasteiger partial charge in [0, 0.05) is 17.1 Å². The Morgan fingerprint density at radius 3 is 3.00 bits per heavy atom. The Bertz CT molecular complexity index is 595. The average molecular weight is 242 g/mol. The molecule has 4 heteroatoms. The highest BCUT2D eigenvalue weighted by Gasteiger charge is 2.13. The monoisotopic (exact) mass is 242 g/mol. The first kappa shape index (κ1) is 12.2. The number of aliphatic hydroxyl groups excluding tert-OH is 1. The lowest BCUT2D eigenvalue weighted by Gasteiger charge is -2.13. The van der Waals surface area contributed by atoms with E-state index in [4.69, 9.17) is 6.42 Å². The SMILES string of the molecule is C#CC(=O)N[C@H](CO)Cc1c[nH]c2ccccc12. The molecular formula is C14H14N2O2. The molecule has 1 amide bonds. The standard InChI is InChI=1S/C14H14N2O2/c1-2-14(18)16-11(9-17)7-10-8-15-13-6-4-3-5-12(10)13/h1,3-6,8,11,15,17H,7,9H2,(H,16,18)/t11-/m0/s1. The summed E-state index contributed by atoms with van der Waals surface area (Å²) in [5.74, 6) is 1.47. The highest BCUT2D eigenvalue weighted by Crippen LogP contribution is 2.18. The minimum absolute atomic E-state index is 0.146. The fourth-order valence-electron chi connectivity index (χ4n) is 1.95. The molecule has 0 aliphatic carbocycles. The Kier molecular flexibility index (Phi) is 3.66. The van der Waals surface area contributed by atoms with Crippen molar-refractivity contribution in [3.63, 3.8) is 0 Å². The first-order chi connectivity index (χ1) is 8.74. The highest BCUT2D eigenvalue weighted by atomic mass is 16.3. The van der Waals surface area contributed by atoms with Crippen LogP contribution in [0.2, 0.25) is 0 Å². The first-order valence-corrected chi connectivity index (χ1v) is 5.67. The molecule has 2 aromatic rings. The van der Waals surface area contributed by atoms with Crippen molar-refractivity contribution in [2.24, 2.45) is 0 Å². The summed E-state index contributed by atoms with van der Waals surface area (Å²) in [5.41, 5.74) is 2.08. The molecule has 0 aliphatic rings. The van der Waals surface area contributed by atoms with Gasteiger partial charge in [0.25, 0.3) is 5.91 Å². The molecule has 18 heavy (non-hydrogen) atoms. The molecule has 0 fully saturated rings. The number of para-hydroxylation sites is 1. The van der Waals surface area contributed by atoms with Crippen molar-refractivity contribution >= 4 is 16.8 Å². The molecule has 92 valence electrons. The van der Waals surface area contributed by atoms with Gasteiger partial charge in [-0.2, -0.15) is 0 Å². The van der Waals surface area contributed by atoms with Gasteiger partial charge in [0.15, 0.2) is 0 Å². The smallest absolute Gasteiger partial charge is 0.295 e. The molecule has 1 aromatic carbocycles. The van der Waals surface area contributed by atoms with E-state index in [1.165, 1.54) is 0 Å². The number of terminal acetylenes is 1. The summed E-state index contributed by atoms with van der Waals surface area (Å²) in [5, 5.41) is 12.9. The number of aromatic nitrogens is 1. The zero-order chi connectivity index (χ0) is 13.0. The van der Waals surface area contributed by atoms with Gasteiger partial charge in [-0.1, -0.05) is 18.2 Å². The van der Waals surface area contributed by atoms with E-state index in [9.17, 15) is 9.90 Å². The Morgan fingerprint density at radius 2 is 2.28 bits per heavy atom. The molecule has 3 N–H and O–H groups in total. The topological polar surface area (TPSA) is 65.1 Å². The van der Waals surface area contributed by atoms with Crippen LogP contribution in [0.15, 0.2) is 30.5 Å². The van der Waals surface area contributed by atoms with Crippen molar-refractivity contribution in [1.82, 2.24) is 10.3 Å². The largest absolute Gasteiger partial charge is 0.394 e. The average Bonchev–Trinajstić information content (AvgIpc) is 2.81. The number of hydrogen-bond donors (Lipinski definition) is 3. The summed E-state index contributed by atoms with van der Waals surface area (Å²) < 4.78 is 0. The maximum absolute atomic E-state index is 11.1. The van der Waals surface area contributed by atoms with Crippen LogP contribution < -0.4 is 5.32 Å². The Hall–Kier alpha value is -2.25. The van der Waals surface area contributed by atoms with E-state index in [0.717, 1.165) is 16.5 Å². The van der Waals surface area contributed by atoms with Crippen LogP contribution in [0.1, 0.15) is 5.56 Å². The maximum atomic E-state index is 11.1. The molecule has 0 bridgehead atoms. The van der Waals surface area contributed by atoms with E-state index in [1.807, 2.05) is 36.4 Å². The number of aliphatic hydroxyl groups is 1. The van der Waals surface area contributed by atoms with Gasteiger partial charge < -0.3 is 15.4 Å². The van der Waals surface area contributed by atoms with Gasteiger partial charge in [0.1, 0.15) is 0 Å². The van der Waals surface area contributed by atoms with Crippen LogP contribution >= 0.6 is 0 Å². The second-order valence-electron chi connectivity index (χ2n) is 4.06. The van der Waals surface area contributed by atoms with Gasteiger partial charge in [-0.3, -0.25) is 4.79 Å². The van der Waals surface area contributed by atoms with E-state index in [1.54, 1.807) is 0 Å². The highest BCUT2D eigenvalue weighted by molar-refractivity contribution is 5.93. The van der Waals surface area contributed by atoms with Crippen LogP contribution in [0.4, 0.5) is 0 Å². The molecule has 1 aromatic heterocycles. The summed E-state index contributed by atoms with van der Waals surface area (Å²) in [6.45, 7) is -0.146. The number of nitrogens with one attached hydrogen (secondary N) is 2. The van der Waals surface area contributed by atoms with Crippen LogP contribution in [0, 0.1) is 12.3 Å². The summed E-state index contributed by atoms with van der Waals surface area (Å²) in [4.78, 5) is 14.3. The summed E-state index contributed by atoms with van der Waals surface area (Å²) in [6, 6.07) is 7.51. The molecule has 0 aliphatic heterocycles. The van der Waals surface area contributed by atoms with Gasteiger partial charge in [-0.25, -0.2) is 0 Å². The molecule has 2 rings (SSSR count). The normalized spacial score (nSPS) is 12.0. The van der Waals surface area contributed by atoms with Crippen molar-refractivity contribution in [2.45, 2.75) is 12.5 Å². The van der Waals surface area contributed by atoms with Gasteiger partial charge in [-0.05, 0) is 24.0 Å². The van der Waals surface area contributed by atoms with Crippen molar-refractivity contribution in [2.75, 3.05) is 6.61 Å². The quantitative estimate of drug-likeness (QED) is 0.695. The second kappa shape index (κ2) is 5.39. The molecule has 0 radical (unpaired) electrons. The van der Waals surface area contributed by atoms with Gasteiger partial charge in [0.05, 0.1) is 12.6 Å². The number of amides is 1. The molecule has 0 spiro atoms. The molecule has 1 heterocycles. The van der Waals surface area contributed by atoms with Gasteiger partial charge in [0.2, 0.25) is 0 Å². The minimum Gasteiger partial charge on any atom is -0.394 e. The molecular weight excluding hydrogens is 228 g/mol. The van der Waals surface area contributed by atoms with Crippen molar-refractivity contribution in [3.8, 4) is 12.3 Å². The lowest BCUT2D eigenvalue weighted by molar-refractivity contribution is -0.116. The Balaban J connectivity index is 2.17. The van der Waals surface area contributed by atoms with Crippen molar-refractivity contribution < 1.29 is 9.90 Å². The number of aromatic amines is 1. The molecule has 0 unspecified atom stereocenters. The van der Waals surface area contributed by atoms with Crippen molar-refractivity contribution in [3.05, 3.63) is 36.0 Å². The summed E-state index contributed by atoms with van der Waals surface area (Å²) in [7, 11) is 0. The third-order valence-corrected chi connectivity index (χ3v) is 2.83. The summed E-state index contributed by atoms with van der Waals surface area (Å²) >= 11 is 0. The number of rotatable bonds is 4. The van der Waals surface area contributed by atoms with Crippen LogP contribution in [0.3, 0.4) is 0 Å². The van der Waals surface area contributed by atoms with E-state index < -0.39 is 5.91 Å². The molecule has 0 saturated heterocycles. The number of carbonyl (C=O) groups is 1. The zero-order valence-electron chi connectivity index (χ0n) is 9.81. The molecule has 0 saturated carbocycles. The number of benzene rings is 1. The summed E-state index contributed by atoms with van der Waals surface area (Å²) in [6.07, 6.45) is 7.41. The number of hydrogen-bond acceptors (Lipinski definition) is 2. The number of fused-ring (bicyclic) bond motifs is 1. The lowest BCUT2D eigenvalue weighted by atomic mass is 10.1. The first-order valence-electron chi connectivity index (χ1n) is 5.67. The predicted octanol–water partition coefficient (Wildman–Crippen LogP) is 0.821. The van der Waals surface area contributed by atoms with Gasteiger partial charge in [-0.15, -0.1) is 6.42 Å². The Labute approximate surface area is 105 Å². The fourth-order valence-corrected chi connectivity index (χ4v) is 1.95. The van der Waals surface area contributed by atoms with Crippen molar-refractivity contribution in [1.29, 1.82) is 0 Å². The molecule has 4 nitrogen and oxygen atoms in total. The fraction of sp³-hybridized carbons (Fsp3) is 0.214. The van der Waals surface area contributed by atoms with Crippen LogP contribution in [0.25, 0.3) is 10.9 Å².